The molecule has 1 heterocycles. The fourth-order valence-corrected chi connectivity index (χ4v) is 1.96. The third-order valence-electron chi connectivity index (χ3n) is 2.80. The number of amides is 3. The zero-order valence-corrected chi connectivity index (χ0v) is 12.7. The largest absolute Gasteiger partial charge is 0.333 e. The average Bonchev–Trinajstić information content (AvgIpc) is 2.39. The molecule has 0 radical (unpaired) electrons. The molecule has 0 saturated carbocycles. The van der Waals surface area contributed by atoms with E-state index in [1.165, 1.54) is 4.57 Å². The molecule has 0 aliphatic heterocycles. The van der Waals surface area contributed by atoms with Crippen LogP contribution >= 0.6 is 0 Å². The molecule has 3 amide bonds. The number of fused-ring (bicyclic) bond motifs is 1. The molecule has 1 aromatic heterocycles. The summed E-state index contributed by atoms with van der Waals surface area (Å²) < 4.78 is 1.28. The Balaban J connectivity index is 2.17. The molecule has 2 rings (SSSR count). The SMILES string of the molecule is CC(C)(C)NC(=O)NC(=O)Cn1c(=O)cnc2ccccc21. The van der Waals surface area contributed by atoms with Crippen LogP contribution < -0.4 is 16.2 Å². The number of para-hydroxylation sites is 2. The summed E-state index contributed by atoms with van der Waals surface area (Å²) in [6.45, 7) is 5.16. The number of benzene rings is 1. The lowest BCUT2D eigenvalue weighted by atomic mass is 10.1. The Labute approximate surface area is 127 Å². The van der Waals surface area contributed by atoms with E-state index in [-0.39, 0.29) is 6.54 Å². The van der Waals surface area contributed by atoms with E-state index < -0.39 is 23.0 Å². The minimum Gasteiger partial charge on any atom is -0.333 e. The third-order valence-corrected chi connectivity index (χ3v) is 2.80. The highest BCUT2D eigenvalue weighted by atomic mass is 16.2. The Morgan fingerprint density at radius 2 is 1.91 bits per heavy atom. The van der Waals surface area contributed by atoms with Gasteiger partial charge in [-0.2, -0.15) is 0 Å². The van der Waals surface area contributed by atoms with Gasteiger partial charge in [-0.25, -0.2) is 9.78 Å². The van der Waals surface area contributed by atoms with Gasteiger partial charge in [0.05, 0.1) is 17.2 Å². The van der Waals surface area contributed by atoms with Crippen LogP contribution in [-0.4, -0.2) is 27.0 Å². The van der Waals surface area contributed by atoms with Crippen LogP contribution in [0.4, 0.5) is 4.79 Å². The van der Waals surface area contributed by atoms with Crippen LogP contribution in [0.2, 0.25) is 0 Å². The topological polar surface area (TPSA) is 93.1 Å². The summed E-state index contributed by atoms with van der Waals surface area (Å²) in [5.41, 5.74) is 0.297. The van der Waals surface area contributed by atoms with E-state index in [1.54, 1.807) is 45.0 Å². The van der Waals surface area contributed by atoms with Crippen molar-refractivity contribution in [2.75, 3.05) is 0 Å². The van der Waals surface area contributed by atoms with Crippen molar-refractivity contribution in [2.24, 2.45) is 0 Å². The van der Waals surface area contributed by atoms with Gasteiger partial charge in [-0.1, -0.05) is 12.1 Å². The predicted molar refractivity (Wildman–Crippen MR) is 82.4 cm³/mol. The van der Waals surface area contributed by atoms with Crippen LogP contribution in [0.25, 0.3) is 11.0 Å². The molecule has 7 heteroatoms. The van der Waals surface area contributed by atoms with Crippen LogP contribution in [0, 0.1) is 0 Å². The first-order chi connectivity index (χ1) is 10.3. The smallest absolute Gasteiger partial charge is 0.321 e. The number of urea groups is 1. The highest BCUT2D eigenvalue weighted by Crippen LogP contribution is 2.07. The second-order valence-electron chi connectivity index (χ2n) is 5.92. The molecule has 0 fully saturated rings. The summed E-state index contributed by atoms with van der Waals surface area (Å²) in [6.07, 6.45) is 1.16. The number of hydrogen-bond acceptors (Lipinski definition) is 4. The fourth-order valence-electron chi connectivity index (χ4n) is 1.96. The molecular weight excluding hydrogens is 284 g/mol. The molecule has 0 unspecified atom stereocenters. The van der Waals surface area contributed by atoms with Gasteiger partial charge in [0.1, 0.15) is 6.54 Å². The number of aromatic nitrogens is 2. The van der Waals surface area contributed by atoms with Gasteiger partial charge in [0, 0.05) is 5.54 Å². The molecule has 116 valence electrons. The van der Waals surface area contributed by atoms with Crippen molar-refractivity contribution in [2.45, 2.75) is 32.9 Å². The van der Waals surface area contributed by atoms with E-state index in [1.807, 2.05) is 0 Å². The minimum absolute atomic E-state index is 0.251. The summed E-state index contributed by atoms with van der Waals surface area (Å²) >= 11 is 0. The summed E-state index contributed by atoms with van der Waals surface area (Å²) in [5.74, 6) is -0.569. The normalized spacial score (nSPS) is 11.2. The van der Waals surface area contributed by atoms with Gasteiger partial charge in [0.15, 0.2) is 0 Å². The van der Waals surface area contributed by atoms with Crippen LogP contribution in [-0.2, 0) is 11.3 Å². The van der Waals surface area contributed by atoms with E-state index in [0.29, 0.717) is 11.0 Å². The van der Waals surface area contributed by atoms with Crippen molar-refractivity contribution in [3.63, 3.8) is 0 Å². The Morgan fingerprint density at radius 1 is 1.23 bits per heavy atom. The van der Waals surface area contributed by atoms with Crippen molar-refractivity contribution in [1.82, 2.24) is 20.2 Å². The molecule has 0 saturated heterocycles. The maximum absolute atomic E-state index is 12.0. The van der Waals surface area contributed by atoms with Crippen molar-refractivity contribution < 1.29 is 9.59 Å². The Kier molecular flexibility index (Phi) is 4.25. The molecule has 0 spiro atoms. The first kappa shape index (κ1) is 15.7. The molecule has 0 atom stereocenters. The average molecular weight is 302 g/mol. The van der Waals surface area contributed by atoms with Crippen LogP contribution in [0.15, 0.2) is 35.3 Å². The van der Waals surface area contributed by atoms with E-state index in [2.05, 4.69) is 15.6 Å². The second-order valence-corrected chi connectivity index (χ2v) is 5.92. The summed E-state index contributed by atoms with van der Waals surface area (Å²) in [7, 11) is 0. The van der Waals surface area contributed by atoms with Gasteiger partial charge in [-0.15, -0.1) is 0 Å². The number of carbonyl (C=O) groups excluding carboxylic acids is 2. The maximum atomic E-state index is 12.0. The molecule has 0 aliphatic rings. The molecule has 0 aliphatic carbocycles. The van der Waals surface area contributed by atoms with Gasteiger partial charge < -0.3 is 5.32 Å². The van der Waals surface area contributed by atoms with Gasteiger partial charge >= 0.3 is 6.03 Å². The van der Waals surface area contributed by atoms with Gasteiger partial charge in [-0.3, -0.25) is 19.5 Å². The monoisotopic (exact) mass is 302 g/mol. The second kappa shape index (κ2) is 5.97. The first-order valence-electron chi connectivity index (χ1n) is 6.83. The molecular formula is C15H18N4O3. The number of nitrogens with one attached hydrogen (secondary N) is 2. The minimum atomic E-state index is -0.594. The summed E-state index contributed by atoms with van der Waals surface area (Å²) in [6, 6.07) is 6.40. The lowest BCUT2D eigenvalue weighted by Gasteiger charge is -2.20. The Hall–Kier alpha value is -2.70. The highest BCUT2D eigenvalue weighted by Gasteiger charge is 2.16. The molecule has 7 nitrogen and oxygen atoms in total. The van der Waals surface area contributed by atoms with Crippen molar-refractivity contribution in [1.29, 1.82) is 0 Å². The van der Waals surface area contributed by atoms with E-state index >= 15 is 0 Å². The van der Waals surface area contributed by atoms with Gasteiger partial charge in [0.2, 0.25) is 5.91 Å². The lowest BCUT2D eigenvalue weighted by molar-refractivity contribution is -0.120. The molecule has 0 bridgehead atoms. The van der Waals surface area contributed by atoms with Crippen LogP contribution in [0.3, 0.4) is 0 Å². The Bertz CT molecular complexity index is 774. The zero-order chi connectivity index (χ0) is 16.3. The third kappa shape index (κ3) is 3.91. The fraction of sp³-hybridized carbons (Fsp3) is 0.333. The summed E-state index contributed by atoms with van der Waals surface area (Å²) in [4.78, 5) is 39.5. The predicted octanol–water partition coefficient (Wildman–Crippen LogP) is 1.02. The standard InChI is InChI=1S/C15H18N4O3/c1-15(2,3)18-14(22)17-12(20)9-19-11-7-5-4-6-10(11)16-8-13(19)21/h4-8H,9H2,1-3H3,(H2,17,18,20,22). The quantitative estimate of drug-likeness (QED) is 0.866. The molecule has 2 N–H and O–H groups in total. The summed E-state index contributed by atoms with van der Waals surface area (Å²) in [5, 5.41) is 4.82. The van der Waals surface area contributed by atoms with E-state index in [4.69, 9.17) is 0 Å². The molecule has 1 aromatic carbocycles. The maximum Gasteiger partial charge on any atom is 0.321 e. The van der Waals surface area contributed by atoms with E-state index in [9.17, 15) is 14.4 Å². The zero-order valence-electron chi connectivity index (χ0n) is 12.7. The van der Waals surface area contributed by atoms with Crippen molar-refractivity contribution in [3.05, 3.63) is 40.8 Å². The van der Waals surface area contributed by atoms with Crippen molar-refractivity contribution >= 4 is 23.0 Å². The van der Waals surface area contributed by atoms with Gasteiger partial charge in [-0.05, 0) is 32.9 Å². The molecule has 2 aromatic rings. The first-order valence-corrected chi connectivity index (χ1v) is 6.83. The number of hydrogen-bond donors (Lipinski definition) is 2. The van der Waals surface area contributed by atoms with Crippen molar-refractivity contribution in [3.8, 4) is 0 Å². The van der Waals surface area contributed by atoms with Crippen LogP contribution in [0.5, 0.6) is 0 Å². The highest BCUT2D eigenvalue weighted by molar-refractivity contribution is 5.94. The number of nitrogens with zero attached hydrogens (tertiary/aromatic N) is 2. The number of carbonyl (C=O) groups is 2. The lowest BCUT2D eigenvalue weighted by Crippen LogP contribution is -2.49. The number of rotatable bonds is 2. The Morgan fingerprint density at radius 3 is 2.59 bits per heavy atom. The number of imide groups is 1. The van der Waals surface area contributed by atoms with Gasteiger partial charge in [0.25, 0.3) is 5.56 Å². The molecule has 22 heavy (non-hydrogen) atoms. The van der Waals surface area contributed by atoms with E-state index in [0.717, 1.165) is 6.20 Å². The van der Waals surface area contributed by atoms with Crippen LogP contribution in [0.1, 0.15) is 20.8 Å².